The van der Waals surface area contributed by atoms with Crippen LogP contribution < -0.4 is 5.32 Å². The molecule has 0 saturated carbocycles. The summed E-state index contributed by atoms with van der Waals surface area (Å²) in [6.45, 7) is 6.43. The molecule has 1 rings (SSSR count). The van der Waals surface area contributed by atoms with Gasteiger partial charge in [-0.2, -0.15) is 0 Å². The van der Waals surface area contributed by atoms with Gasteiger partial charge in [-0.25, -0.2) is 0 Å². The Balaban J connectivity index is 2.14. The zero-order valence-electron chi connectivity index (χ0n) is 9.49. The van der Waals surface area contributed by atoms with Gasteiger partial charge in [-0.1, -0.05) is 0 Å². The molecule has 1 aliphatic rings. The lowest BCUT2D eigenvalue weighted by atomic mass is 10.3. The molecule has 1 N–H and O–H groups in total. The monoisotopic (exact) mass is 232 g/mol. The fourth-order valence-electron chi connectivity index (χ4n) is 1.55. The van der Waals surface area contributed by atoms with Gasteiger partial charge in [-0.15, -0.1) is 0 Å². The Bertz CT molecular complexity index is 234. The molecule has 0 radical (unpaired) electrons. The van der Waals surface area contributed by atoms with E-state index < -0.39 is 10.8 Å². The van der Waals surface area contributed by atoms with E-state index in [4.69, 9.17) is 0 Å². The first-order valence-corrected chi connectivity index (χ1v) is 6.93. The van der Waals surface area contributed by atoms with E-state index in [0.717, 1.165) is 31.1 Å². The van der Waals surface area contributed by atoms with E-state index in [1.54, 1.807) is 0 Å². The summed E-state index contributed by atoms with van der Waals surface area (Å²) in [6.07, 6.45) is 0.546. The maximum atomic E-state index is 11.4. The number of nitrogens with one attached hydrogen (secondary N) is 1. The van der Waals surface area contributed by atoms with Crippen LogP contribution in [0.2, 0.25) is 0 Å². The van der Waals surface area contributed by atoms with Gasteiger partial charge < -0.3 is 10.2 Å². The average molecular weight is 232 g/mol. The van der Waals surface area contributed by atoms with Crippen LogP contribution in [0.3, 0.4) is 0 Å². The van der Waals surface area contributed by atoms with Crippen LogP contribution in [0.15, 0.2) is 0 Å². The topological polar surface area (TPSA) is 49.4 Å². The fraction of sp³-hybridized carbons (Fsp3) is 0.900. The van der Waals surface area contributed by atoms with Crippen LogP contribution in [-0.2, 0) is 15.6 Å². The number of hydrogen-bond donors (Lipinski definition) is 1. The van der Waals surface area contributed by atoms with Gasteiger partial charge in [0, 0.05) is 54.4 Å². The fourth-order valence-corrected chi connectivity index (χ4v) is 2.68. The van der Waals surface area contributed by atoms with Gasteiger partial charge in [0.25, 0.3) is 0 Å². The van der Waals surface area contributed by atoms with Crippen molar-refractivity contribution >= 4 is 16.7 Å². The molecule has 15 heavy (non-hydrogen) atoms. The standard InChI is InChI=1S/C10H20N2O2S/c1-9(2)11-10(13)3-4-12-5-7-15(14)8-6-12/h9H,3-8H2,1-2H3,(H,11,13). The van der Waals surface area contributed by atoms with Crippen molar-refractivity contribution in [2.45, 2.75) is 26.3 Å². The highest BCUT2D eigenvalue weighted by molar-refractivity contribution is 7.85. The average Bonchev–Trinajstić information content (AvgIpc) is 2.16. The zero-order valence-corrected chi connectivity index (χ0v) is 10.3. The lowest BCUT2D eigenvalue weighted by Crippen LogP contribution is -2.40. The van der Waals surface area contributed by atoms with Crippen molar-refractivity contribution in [2.75, 3.05) is 31.1 Å². The molecule has 0 spiro atoms. The number of hydrogen-bond acceptors (Lipinski definition) is 3. The lowest BCUT2D eigenvalue weighted by Gasteiger charge is -2.25. The van der Waals surface area contributed by atoms with Crippen LogP contribution in [0, 0.1) is 0 Å². The van der Waals surface area contributed by atoms with E-state index in [1.807, 2.05) is 13.8 Å². The van der Waals surface area contributed by atoms with E-state index in [9.17, 15) is 9.00 Å². The summed E-state index contributed by atoms with van der Waals surface area (Å²) in [5.74, 6) is 1.62. The summed E-state index contributed by atoms with van der Waals surface area (Å²) in [5.41, 5.74) is 0. The summed E-state index contributed by atoms with van der Waals surface area (Å²) in [5, 5.41) is 2.87. The predicted octanol–water partition coefficient (Wildman–Crippen LogP) is -0.0346. The van der Waals surface area contributed by atoms with Crippen LogP contribution in [0.25, 0.3) is 0 Å². The van der Waals surface area contributed by atoms with E-state index in [-0.39, 0.29) is 11.9 Å². The van der Waals surface area contributed by atoms with E-state index in [2.05, 4.69) is 10.2 Å². The minimum atomic E-state index is -0.627. The second-order valence-electron chi connectivity index (χ2n) is 4.16. The van der Waals surface area contributed by atoms with Crippen molar-refractivity contribution in [3.8, 4) is 0 Å². The van der Waals surface area contributed by atoms with E-state index >= 15 is 0 Å². The number of carbonyl (C=O) groups excluding carboxylic acids is 1. The minimum Gasteiger partial charge on any atom is -0.354 e. The Morgan fingerprint density at radius 1 is 1.40 bits per heavy atom. The van der Waals surface area contributed by atoms with Gasteiger partial charge in [0.1, 0.15) is 0 Å². The summed E-state index contributed by atoms with van der Waals surface area (Å²) in [4.78, 5) is 13.6. The molecular weight excluding hydrogens is 212 g/mol. The van der Waals surface area contributed by atoms with Gasteiger partial charge >= 0.3 is 0 Å². The molecule has 88 valence electrons. The molecule has 0 atom stereocenters. The van der Waals surface area contributed by atoms with Crippen molar-refractivity contribution < 1.29 is 9.00 Å². The highest BCUT2D eigenvalue weighted by Crippen LogP contribution is 2.00. The summed E-state index contributed by atoms with van der Waals surface area (Å²) in [6, 6.07) is 0.214. The second kappa shape index (κ2) is 6.23. The van der Waals surface area contributed by atoms with Gasteiger partial charge in [0.2, 0.25) is 5.91 Å². The molecule has 1 aliphatic heterocycles. The van der Waals surface area contributed by atoms with Gasteiger partial charge in [0.15, 0.2) is 0 Å². The first-order chi connectivity index (χ1) is 7.08. The molecular formula is C10H20N2O2S. The van der Waals surface area contributed by atoms with Crippen LogP contribution in [0.4, 0.5) is 0 Å². The molecule has 4 nitrogen and oxygen atoms in total. The van der Waals surface area contributed by atoms with Crippen molar-refractivity contribution in [3.05, 3.63) is 0 Å². The smallest absolute Gasteiger partial charge is 0.221 e. The molecule has 0 aromatic heterocycles. The molecule has 1 amide bonds. The molecule has 0 aromatic carbocycles. The summed E-state index contributed by atoms with van der Waals surface area (Å²) >= 11 is 0. The van der Waals surface area contributed by atoms with Gasteiger partial charge in [-0.3, -0.25) is 9.00 Å². The van der Waals surface area contributed by atoms with Crippen molar-refractivity contribution in [1.82, 2.24) is 10.2 Å². The van der Waals surface area contributed by atoms with Crippen LogP contribution >= 0.6 is 0 Å². The number of rotatable bonds is 4. The highest BCUT2D eigenvalue weighted by atomic mass is 32.2. The molecule has 0 aromatic rings. The van der Waals surface area contributed by atoms with E-state index in [0.29, 0.717) is 6.42 Å². The third-order valence-corrected chi connectivity index (χ3v) is 3.65. The Hall–Kier alpha value is -0.420. The Kier molecular flexibility index (Phi) is 5.25. The van der Waals surface area contributed by atoms with Gasteiger partial charge in [-0.05, 0) is 13.8 Å². The highest BCUT2D eigenvalue weighted by Gasteiger charge is 2.15. The molecule has 0 aliphatic carbocycles. The van der Waals surface area contributed by atoms with Crippen LogP contribution in [0.5, 0.6) is 0 Å². The molecule has 5 heteroatoms. The van der Waals surface area contributed by atoms with Crippen LogP contribution in [0.1, 0.15) is 20.3 Å². The third kappa shape index (κ3) is 5.28. The lowest BCUT2D eigenvalue weighted by molar-refractivity contribution is -0.121. The first-order valence-electron chi connectivity index (χ1n) is 5.44. The quantitative estimate of drug-likeness (QED) is 0.740. The SMILES string of the molecule is CC(C)NC(=O)CCN1CCS(=O)CC1. The molecule has 0 bridgehead atoms. The Labute approximate surface area is 93.9 Å². The number of carbonyl (C=O) groups is 1. The molecule has 1 saturated heterocycles. The number of amides is 1. The van der Waals surface area contributed by atoms with E-state index in [1.165, 1.54) is 0 Å². The maximum Gasteiger partial charge on any atom is 0.221 e. The largest absolute Gasteiger partial charge is 0.354 e. The Morgan fingerprint density at radius 3 is 2.53 bits per heavy atom. The Morgan fingerprint density at radius 2 is 2.00 bits per heavy atom. The van der Waals surface area contributed by atoms with Gasteiger partial charge in [0.05, 0.1) is 0 Å². The predicted molar refractivity (Wildman–Crippen MR) is 62.2 cm³/mol. The van der Waals surface area contributed by atoms with Crippen molar-refractivity contribution in [2.24, 2.45) is 0 Å². The normalized spacial score (nSPS) is 19.4. The van der Waals surface area contributed by atoms with Crippen molar-refractivity contribution in [3.63, 3.8) is 0 Å². The molecule has 1 fully saturated rings. The molecule has 1 heterocycles. The second-order valence-corrected chi connectivity index (χ2v) is 5.86. The third-order valence-electron chi connectivity index (χ3n) is 2.38. The first kappa shape index (κ1) is 12.6. The van der Waals surface area contributed by atoms with Crippen LogP contribution in [-0.4, -0.2) is 52.2 Å². The maximum absolute atomic E-state index is 11.4. The minimum absolute atomic E-state index is 0.108. The zero-order chi connectivity index (χ0) is 11.3. The summed E-state index contributed by atoms with van der Waals surface area (Å²) in [7, 11) is -0.627. The molecule has 0 unspecified atom stereocenters. The number of nitrogens with zero attached hydrogens (tertiary/aromatic N) is 1. The van der Waals surface area contributed by atoms with Crippen molar-refractivity contribution in [1.29, 1.82) is 0 Å². The summed E-state index contributed by atoms with van der Waals surface area (Å²) < 4.78 is 11.1.